The molecule has 3 aromatic rings. The number of nitrogens with zero attached hydrogens (tertiary/aromatic N) is 2. The van der Waals surface area contributed by atoms with E-state index < -0.39 is 12.2 Å². The van der Waals surface area contributed by atoms with Gasteiger partial charge in [0.15, 0.2) is 12.4 Å². The lowest BCUT2D eigenvalue weighted by Gasteiger charge is -2.14. The quantitative estimate of drug-likeness (QED) is 0.136. The zero-order valence-corrected chi connectivity index (χ0v) is 26.7. The second-order valence-electron chi connectivity index (χ2n) is 10.7. The molecule has 42 heavy (non-hydrogen) atoms. The summed E-state index contributed by atoms with van der Waals surface area (Å²) >= 11 is 0. The number of hydrogen-bond donors (Lipinski definition) is 2. The number of alkyl carbamates (subject to hydrolysis) is 2. The van der Waals surface area contributed by atoms with Crippen LogP contribution in [0.2, 0.25) is 0 Å². The van der Waals surface area contributed by atoms with Crippen LogP contribution in [-0.2, 0) is 58.3 Å². The number of aromatic nitrogens is 2. The average molecular weight is 691 g/mol. The van der Waals surface area contributed by atoms with E-state index in [4.69, 9.17) is 14.2 Å². The van der Waals surface area contributed by atoms with Gasteiger partial charge >= 0.3 is 18.2 Å². The number of amides is 2. The summed E-state index contributed by atoms with van der Waals surface area (Å²) in [6, 6.07) is 13.2. The van der Waals surface area contributed by atoms with Crippen LogP contribution in [0.25, 0.3) is 11.3 Å². The molecule has 3 heterocycles. The molecular formula is C31H39IN4O6. The first-order valence-electron chi connectivity index (χ1n) is 14.0. The van der Waals surface area contributed by atoms with Crippen molar-refractivity contribution in [2.45, 2.75) is 85.5 Å². The van der Waals surface area contributed by atoms with Crippen LogP contribution in [0.5, 0.6) is 0 Å². The van der Waals surface area contributed by atoms with Gasteiger partial charge in [0.05, 0.1) is 17.7 Å². The van der Waals surface area contributed by atoms with Gasteiger partial charge in [-0.05, 0) is 52.2 Å². The molecule has 0 fully saturated rings. The second kappa shape index (κ2) is 15.6. The van der Waals surface area contributed by atoms with Crippen molar-refractivity contribution < 1.29 is 57.1 Å². The van der Waals surface area contributed by atoms with Gasteiger partial charge in [0.2, 0.25) is 0 Å². The Kier molecular flexibility index (Phi) is 12.2. The number of carbonyl (C=O) groups is 3. The van der Waals surface area contributed by atoms with Gasteiger partial charge in [0, 0.05) is 41.5 Å². The van der Waals surface area contributed by atoms with Gasteiger partial charge in [0.1, 0.15) is 13.2 Å². The average Bonchev–Trinajstić information content (AvgIpc) is 3.50. The number of ether oxygens (including phenoxy) is 3. The molecule has 2 amide bonds. The fourth-order valence-corrected chi connectivity index (χ4v) is 4.90. The Bertz CT molecular complexity index is 1370. The molecule has 0 saturated carbocycles. The highest BCUT2D eigenvalue weighted by molar-refractivity contribution is 5.72. The number of nitrogens with one attached hydrogen (secondary N) is 2. The summed E-state index contributed by atoms with van der Waals surface area (Å²) in [5.74, 6) is -0.318. The predicted molar refractivity (Wildman–Crippen MR) is 152 cm³/mol. The highest BCUT2D eigenvalue weighted by Gasteiger charge is 2.29. The third-order valence-corrected chi connectivity index (χ3v) is 6.60. The lowest BCUT2D eigenvalue weighted by molar-refractivity contribution is -0.727. The molecule has 0 radical (unpaired) electrons. The van der Waals surface area contributed by atoms with Gasteiger partial charge < -0.3 is 53.4 Å². The smallest absolute Gasteiger partial charge is 0.407 e. The topological polar surface area (TPSA) is 112 Å². The van der Waals surface area contributed by atoms with Crippen molar-refractivity contribution in [1.82, 2.24) is 15.2 Å². The fraction of sp³-hybridized carbons (Fsp3) is 0.419. The highest BCUT2D eigenvalue weighted by Crippen LogP contribution is 2.36. The van der Waals surface area contributed by atoms with Gasteiger partial charge in [-0.15, -0.1) is 0 Å². The number of rotatable bonds is 11. The number of hydrogen-bond acceptors (Lipinski definition) is 6. The minimum atomic E-state index is -0.518. The normalized spacial score (nSPS) is 12.0. The van der Waals surface area contributed by atoms with Crippen LogP contribution < -0.4 is 39.2 Å². The van der Waals surface area contributed by atoms with Gasteiger partial charge in [-0.25, -0.2) is 9.59 Å². The zero-order chi connectivity index (χ0) is 29.4. The summed E-state index contributed by atoms with van der Waals surface area (Å²) in [6.07, 6.45) is 4.69. The number of halogens is 1. The first-order chi connectivity index (χ1) is 19.7. The van der Waals surface area contributed by atoms with E-state index in [0.717, 1.165) is 53.0 Å². The van der Waals surface area contributed by atoms with E-state index in [1.54, 1.807) is 4.57 Å². The van der Waals surface area contributed by atoms with Crippen LogP contribution in [0.15, 0.2) is 54.9 Å². The third kappa shape index (κ3) is 8.94. The van der Waals surface area contributed by atoms with E-state index in [-0.39, 0.29) is 68.4 Å². The Morgan fingerprint density at radius 2 is 1.52 bits per heavy atom. The molecule has 226 valence electrons. The lowest BCUT2D eigenvalue weighted by atomic mass is 10.0. The molecule has 0 unspecified atom stereocenters. The first-order valence-corrected chi connectivity index (χ1v) is 14.0. The molecule has 0 saturated heterocycles. The SMILES string of the molecule is CC(C)NC(=O)OCc1c(COC(=O)NC(C)C)c(-c2ccc[n+](COC(=O)Cc3ccccc3)c2)n2c1CCC2.[I-]. The van der Waals surface area contributed by atoms with Crippen molar-refractivity contribution in [3.8, 4) is 11.3 Å². The van der Waals surface area contributed by atoms with E-state index >= 15 is 0 Å². The molecule has 0 spiro atoms. The molecule has 0 atom stereocenters. The predicted octanol–water partition coefficient (Wildman–Crippen LogP) is 1.41. The van der Waals surface area contributed by atoms with Crippen molar-refractivity contribution >= 4 is 18.2 Å². The van der Waals surface area contributed by atoms with Crippen LogP contribution in [-0.4, -0.2) is 34.8 Å². The van der Waals surface area contributed by atoms with E-state index in [2.05, 4.69) is 15.2 Å². The van der Waals surface area contributed by atoms with Crippen LogP contribution >= 0.6 is 0 Å². The summed E-state index contributed by atoms with van der Waals surface area (Å²) in [7, 11) is 0. The van der Waals surface area contributed by atoms with Gasteiger partial charge in [-0.1, -0.05) is 30.3 Å². The number of carbonyl (C=O) groups excluding carboxylic acids is 3. The molecule has 2 aromatic heterocycles. The van der Waals surface area contributed by atoms with Crippen LogP contribution in [0.1, 0.15) is 56.5 Å². The number of fused-ring (bicyclic) bond motifs is 1. The molecule has 11 heteroatoms. The Morgan fingerprint density at radius 3 is 2.17 bits per heavy atom. The Hall–Kier alpha value is -3.61. The zero-order valence-electron chi connectivity index (χ0n) is 24.5. The largest absolute Gasteiger partial charge is 1.00 e. The summed E-state index contributed by atoms with van der Waals surface area (Å²) in [4.78, 5) is 37.1. The molecule has 1 aliphatic heterocycles. The van der Waals surface area contributed by atoms with E-state index in [1.165, 1.54) is 0 Å². The maximum absolute atomic E-state index is 12.4. The van der Waals surface area contributed by atoms with Gasteiger partial charge in [-0.2, -0.15) is 4.57 Å². The molecule has 2 N–H and O–H groups in total. The van der Waals surface area contributed by atoms with Crippen LogP contribution in [0.3, 0.4) is 0 Å². The minimum Gasteiger partial charge on any atom is -1.00 e. The molecule has 1 aromatic carbocycles. The number of pyridine rings is 1. The summed E-state index contributed by atoms with van der Waals surface area (Å²) in [5, 5.41) is 5.50. The lowest BCUT2D eigenvalue weighted by Crippen LogP contribution is -3.00. The van der Waals surface area contributed by atoms with Crippen molar-refractivity contribution in [1.29, 1.82) is 0 Å². The maximum atomic E-state index is 12.4. The standard InChI is InChI=1S/C31H38N4O6.HI/c1-21(2)32-30(37)39-18-25-26(19-40-31(38)33-22(3)4)29(35-15-9-13-27(25)35)24-12-8-14-34(17-24)20-41-28(36)16-23-10-6-5-7-11-23;/h5-8,10-12,14,17,21-22H,9,13,15-16,18-20H2,1-4H3,(H-,32,33,37,38);1H. The maximum Gasteiger partial charge on any atom is 0.407 e. The monoisotopic (exact) mass is 690 g/mol. The van der Waals surface area contributed by atoms with Crippen molar-refractivity contribution in [2.75, 3.05) is 0 Å². The van der Waals surface area contributed by atoms with Gasteiger partial charge in [-0.3, -0.25) is 4.79 Å². The second-order valence-corrected chi connectivity index (χ2v) is 10.7. The Labute approximate surface area is 263 Å². The molecule has 1 aliphatic rings. The molecule has 4 rings (SSSR count). The van der Waals surface area contributed by atoms with E-state index in [1.807, 2.05) is 82.6 Å². The third-order valence-electron chi connectivity index (χ3n) is 6.60. The number of benzene rings is 1. The molecule has 0 aliphatic carbocycles. The van der Waals surface area contributed by atoms with Crippen LogP contribution in [0, 0.1) is 0 Å². The molecule has 10 nitrogen and oxygen atoms in total. The molecular weight excluding hydrogens is 651 g/mol. The summed E-state index contributed by atoms with van der Waals surface area (Å²) in [5.41, 5.74) is 5.35. The summed E-state index contributed by atoms with van der Waals surface area (Å²) < 4.78 is 20.7. The summed E-state index contributed by atoms with van der Waals surface area (Å²) in [6.45, 7) is 8.37. The van der Waals surface area contributed by atoms with Crippen LogP contribution in [0.4, 0.5) is 9.59 Å². The number of esters is 1. The first kappa shape index (κ1) is 32.9. The Balaban J connectivity index is 0.00000484. The van der Waals surface area contributed by atoms with Gasteiger partial charge in [0.25, 0.3) is 6.73 Å². The van der Waals surface area contributed by atoms with E-state index in [0.29, 0.717) is 0 Å². The van der Waals surface area contributed by atoms with Crippen molar-refractivity contribution in [3.63, 3.8) is 0 Å². The van der Waals surface area contributed by atoms with Crippen molar-refractivity contribution in [3.05, 3.63) is 77.2 Å². The van der Waals surface area contributed by atoms with E-state index in [9.17, 15) is 14.4 Å². The highest BCUT2D eigenvalue weighted by atomic mass is 127. The fourth-order valence-electron chi connectivity index (χ4n) is 4.90. The minimum absolute atomic E-state index is 0. The molecule has 0 bridgehead atoms. The Morgan fingerprint density at radius 1 is 0.881 bits per heavy atom. The van der Waals surface area contributed by atoms with Crippen molar-refractivity contribution in [2.24, 2.45) is 0 Å².